The molecule has 0 radical (unpaired) electrons. The second-order valence-corrected chi connectivity index (χ2v) is 4.01. The molecule has 0 unspecified atom stereocenters. The van der Waals surface area contributed by atoms with Gasteiger partial charge in [0.15, 0.2) is 0 Å². The van der Waals surface area contributed by atoms with Crippen LogP contribution in [0.4, 0.5) is 11.5 Å². The zero-order chi connectivity index (χ0) is 11.4. The van der Waals surface area contributed by atoms with Crippen molar-refractivity contribution in [3.63, 3.8) is 0 Å². The minimum absolute atomic E-state index is 0.454. The highest BCUT2D eigenvalue weighted by molar-refractivity contribution is 9.10. The number of anilines is 1. The van der Waals surface area contributed by atoms with Crippen LogP contribution in [-0.2, 0) is 0 Å². The number of nitrogens with zero attached hydrogens (tertiary/aromatic N) is 3. The van der Waals surface area contributed by atoms with Crippen LogP contribution in [0.1, 0.15) is 5.56 Å². The van der Waals surface area contributed by atoms with Gasteiger partial charge in [0.25, 0.3) is 0 Å². The summed E-state index contributed by atoms with van der Waals surface area (Å²) in [5, 5.41) is 0. The Balaban J connectivity index is 2.27. The highest BCUT2D eigenvalue weighted by Gasteiger charge is 1.98. The molecule has 0 fully saturated rings. The van der Waals surface area contributed by atoms with Crippen molar-refractivity contribution >= 4 is 33.6 Å². The lowest BCUT2D eigenvalue weighted by Gasteiger charge is -1.98. The monoisotopic (exact) mass is 276 g/mol. The smallest absolute Gasteiger partial charge is 0.132 e. The van der Waals surface area contributed by atoms with Crippen molar-refractivity contribution in [2.75, 3.05) is 5.73 Å². The lowest BCUT2D eigenvalue weighted by Crippen LogP contribution is -1.96. The molecule has 0 saturated carbocycles. The molecule has 2 aromatic rings. The molecule has 2 aromatic heterocycles. The third-order valence-corrected chi connectivity index (χ3v) is 2.35. The minimum atomic E-state index is 0.454. The molecule has 5 heteroatoms. The molecule has 2 N–H and O–H groups in total. The number of pyridine rings is 2. The van der Waals surface area contributed by atoms with Gasteiger partial charge < -0.3 is 5.73 Å². The van der Waals surface area contributed by atoms with Crippen molar-refractivity contribution in [1.82, 2.24) is 9.97 Å². The molecule has 0 aliphatic carbocycles. The van der Waals surface area contributed by atoms with Crippen molar-refractivity contribution in [3.8, 4) is 0 Å². The number of hydrogen-bond donors (Lipinski definition) is 1. The Morgan fingerprint density at radius 2 is 2.25 bits per heavy atom. The molecule has 0 saturated heterocycles. The number of aliphatic imine (C=N–C) groups is 1. The predicted octanol–water partition coefficient (Wildman–Crippen LogP) is 2.57. The SMILES string of the molecule is Nc1ncc(Br)cc1/C=N/c1cccnc1. The Bertz CT molecular complexity index is 511. The quantitative estimate of drug-likeness (QED) is 0.858. The van der Waals surface area contributed by atoms with Gasteiger partial charge in [0.05, 0.1) is 11.9 Å². The van der Waals surface area contributed by atoms with Crippen molar-refractivity contribution in [2.24, 2.45) is 4.99 Å². The summed E-state index contributed by atoms with van der Waals surface area (Å²) in [4.78, 5) is 12.2. The van der Waals surface area contributed by atoms with Gasteiger partial charge in [0, 0.05) is 28.6 Å². The Morgan fingerprint density at radius 1 is 1.38 bits per heavy atom. The maximum atomic E-state index is 5.71. The molecular formula is C11H9BrN4. The van der Waals surface area contributed by atoms with E-state index in [0.717, 1.165) is 15.7 Å². The van der Waals surface area contributed by atoms with Crippen molar-refractivity contribution in [1.29, 1.82) is 0 Å². The van der Waals surface area contributed by atoms with Crippen molar-refractivity contribution in [3.05, 3.63) is 46.8 Å². The zero-order valence-corrected chi connectivity index (χ0v) is 9.92. The number of aromatic nitrogens is 2. The summed E-state index contributed by atoms with van der Waals surface area (Å²) in [6.45, 7) is 0. The summed E-state index contributed by atoms with van der Waals surface area (Å²) in [6.07, 6.45) is 6.70. The van der Waals surface area contributed by atoms with Gasteiger partial charge in [0.2, 0.25) is 0 Å². The van der Waals surface area contributed by atoms with Gasteiger partial charge in [-0.3, -0.25) is 9.98 Å². The first-order valence-corrected chi connectivity index (χ1v) is 5.40. The average molecular weight is 277 g/mol. The van der Waals surface area contributed by atoms with Crippen LogP contribution in [0.3, 0.4) is 0 Å². The summed E-state index contributed by atoms with van der Waals surface area (Å²) in [7, 11) is 0. The lowest BCUT2D eigenvalue weighted by atomic mass is 10.3. The second-order valence-electron chi connectivity index (χ2n) is 3.10. The van der Waals surface area contributed by atoms with E-state index in [1.54, 1.807) is 24.8 Å². The molecule has 0 bridgehead atoms. The van der Waals surface area contributed by atoms with E-state index >= 15 is 0 Å². The Morgan fingerprint density at radius 3 is 3.00 bits per heavy atom. The number of nitrogen functional groups attached to an aromatic ring is 1. The summed E-state index contributed by atoms with van der Waals surface area (Å²) in [5.41, 5.74) is 7.27. The molecule has 0 atom stereocenters. The molecule has 2 heterocycles. The van der Waals surface area contributed by atoms with Crippen molar-refractivity contribution < 1.29 is 0 Å². The molecule has 0 spiro atoms. The first-order chi connectivity index (χ1) is 7.75. The van der Waals surface area contributed by atoms with Crippen LogP contribution in [0.5, 0.6) is 0 Å². The maximum Gasteiger partial charge on any atom is 0.132 e. The first kappa shape index (κ1) is 10.8. The van der Waals surface area contributed by atoms with Gasteiger partial charge in [-0.1, -0.05) is 0 Å². The van der Waals surface area contributed by atoms with E-state index in [9.17, 15) is 0 Å². The van der Waals surface area contributed by atoms with Gasteiger partial charge in [0.1, 0.15) is 5.82 Å². The molecule has 2 rings (SSSR count). The van der Waals surface area contributed by atoms with Gasteiger partial charge in [-0.25, -0.2) is 4.98 Å². The second kappa shape index (κ2) is 4.85. The fourth-order valence-corrected chi connectivity index (χ4v) is 1.49. The Hall–Kier alpha value is -1.75. The molecular weight excluding hydrogens is 268 g/mol. The normalized spacial score (nSPS) is 10.8. The minimum Gasteiger partial charge on any atom is -0.383 e. The third-order valence-electron chi connectivity index (χ3n) is 1.91. The molecule has 16 heavy (non-hydrogen) atoms. The van der Waals surface area contributed by atoms with Gasteiger partial charge in [-0.05, 0) is 34.1 Å². The van der Waals surface area contributed by atoms with E-state index in [1.807, 2.05) is 18.2 Å². The number of nitrogens with two attached hydrogens (primary N) is 1. The number of halogens is 1. The average Bonchev–Trinajstić information content (AvgIpc) is 2.32. The van der Waals surface area contributed by atoms with E-state index in [4.69, 9.17) is 5.73 Å². The Kier molecular flexibility index (Phi) is 3.26. The topological polar surface area (TPSA) is 64.2 Å². The first-order valence-electron chi connectivity index (χ1n) is 4.61. The van der Waals surface area contributed by atoms with Crippen LogP contribution in [0.2, 0.25) is 0 Å². The van der Waals surface area contributed by atoms with Crippen LogP contribution in [0.15, 0.2) is 46.3 Å². The van der Waals surface area contributed by atoms with Gasteiger partial charge >= 0.3 is 0 Å². The summed E-state index contributed by atoms with van der Waals surface area (Å²) in [5.74, 6) is 0.454. The van der Waals surface area contributed by atoms with Gasteiger partial charge in [-0.2, -0.15) is 0 Å². The Labute approximate surface area is 101 Å². The maximum absolute atomic E-state index is 5.71. The van der Waals surface area contributed by atoms with Crippen LogP contribution < -0.4 is 5.73 Å². The molecule has 4 nitrogen and oxygen atoms in total. The predicted molar refractivity (Wildman–Crippen MR) is 67.8 cm³/mol. The summed E-state index contributed by atoms with van der Waals surface area (Å²) < 4.78 is 0.870. The number of rotatable bonds is 2. The highest BCUT2D eigenvalue weighted by atomic mass is 79.9. The standard InChI is InChI=1S/C11H9BrN4/c12-9-4-8(11(13)16-6-9)5-15-10-2-1-3-14-7-10/h1-7H,(H2,13,16)/b15-5+. The highest BCUT2D eigenvalue weighted by Crippen LogP contribution is 2.15. The summed E-state index contributed by atoms with van der Waals surface area (Å²) >= 11 is 3.33. The molecule has 0 amide bonds. The van der Waals surface area contributed by atoms with Crippen molar-refractivity contribution in [2.45, 2.75) is 0 Å². The van der Waals surface area contributed by atoms with E-state index in [2.05, 4.69) is 30.9 Å². The molecule has 0 aromatic carbocycles. The lowest BCUT2D eigenvalue weighted by molar-refractivity contribution is 1.30. The van der Waals surface area contributed by atoms with E-state index in [-0.39, 0.29) is 0 Å². The van der Waals surface area contributed by atoms with Crippen LogP contribution in [0.25, 0.3) is 0 Å². The van der Waals surface area contributed by atoms with Crippen LogP contribution >= 0.6 is 15.9 Å². The van der Waals surface area contributed by atoms with E-state index in [0.29, 0.717) is 5.82 Å². The molecule has 0 aliphatic heterocycles. The van der Waals surface area contributed by atoms with Crippen LogP contribution in [0, 0.1) is 0 Å². The van der Waals surface area contributed by atoms with E-state index < -0.39 is 0 Å². The third kappa shape index (κ3) is 2.64. The fraction of sp³-hybridized carbons (Fsp3) is 0. The summed E-state index contributed by atoms with van der Waals surface area (Å²) in [6, 6.07) is 5.56. The molecule has 80 valence electrons. The van der Waals surface area contributed by atoms with Gasteiger partial charge in [-0.15, -0.1) is 0 Å². The van der Waals surface area contributed by atoms with E-state index in [1.165, 1.54) is 0 Å². The molecule has 0 aliphatic rings. The largest absolute Gasteiger partial charge is 0.383 e. The number of hydrogen-bond acceptors (Lipinski definition) is 4. The zero-order valence-electron chi connectivity index (χ0n) is 8.34. The fourth-order valence-electron chi connectivity index (χ4n) is 1.14. The van der Waals surface area contributed by atoms with Crippen LogP contribution in [-0.4, -0.2) is 16.2 Å².